The molecule has 2 aromatic heterocycles. The van der Waals surface area contributed by atoms with Crippen molar-refractivity contribution in [3.8, 4) is 17.1 Å². The highest BCUT2D eigenvalue weighted by molar-refractivity contribution is 7.07. The molecule has 4 aromatic rings. The van der Waals surface area contributed by atoms with Crippen LogP contribution in [-0.2, 0) is 14.3 Å². The zero-order valence-electron chi connectivity index (χ0n) is 23.9. The number of rotatable bonds is 8. The first kappa shape index (κ1) is 28.8. The van der Waals surface area contributed by atoms with Gasteiger partial charge < -0.3 is 18.6 Å². The van der Waals surface area contributed by atoms with E-state index in [1.54, 1.807) is 63.2 Å². The number of carbonyl (C=O) groups excluding carboxylic acids is 2. The highest BCUT2D eigenvalue weighted by Crippen LogP contribution is 2.32. The lowest BCUT2D eigenvalue weighted by Crippen LogP contribution is -2.40. The number of thiazole rings is 1. The molecule has 1 atom stereocenters. The van der Waals surface area contributed by atoms with Gasteiger partial charge in [-0.1, -0.05) is 35.6 Å². The summed E-state index contributed by atoms with van der Waals surface area (Å²) in [5.74, 6) is 0.798. The summed E-state index contributed by atoms with van der Waals surface area (Å²) in [6, 6.07) is 17.0. The molecular formula is C32H30N2O7S. The van der Waals surface area contributed by atoms with Crippen molar-refractivity contribution in [1.82, 2.24) is 4.57 Å². The molecule has 42 heavy (non-hydrogen) atoms. The Balaban J connectivity index is 1.56. The number of carbonyl (C=O) groups is 2. The van der Waals surface area contributed by atoms with Gasteiger partial charge in [0.25, 0.3) is 5.56 Å². The fourth-order valence-electron chi connectivity index (χ4n) is 4.69. The van der Waals surface area contributed by atoms with Gasteiger partial charge in [0, 0.05) is 11.6 Å². The Morgan fingerprint density at radius 1 is 1.05 bits per heavy atom. The topological polar surface area (TPSA) is 109 Å². The standard InChI is InChI=1S/C32H30N2O7S/c1-6-39-23-13-11-21(12-14-23)28-27(31(37)40-18(2)3)19(4)33-32-34(28)29(35)26(42-32)17-24-15-16-25(41-24)20-7-9-22(10-8-20)30(36)38-5/h7-18,28H,6H2,1-5H3/b26-17+/t28-/m0/s1. The first-order valence-corrected chi connectivity index (χ1v) is 14.3. The van der Waals surface area contributed by atoms with Crippen LogP contribution in [0.15, 0.2) is 86.1 Å². The third-order valence-corrected chi connectivity index (χ3v) is 7.56. The number of ether oxygens (including phenoxy) is 3. The van der Waals surface area contributed by atoms with Crippen molar-refractivity contribution in [2.24, 2.45) is 4.99 Å². The van der Waals surface area contributed by atoms with Gasteiger partial charge in [-0.05, 0) is 69.7 Å². The van der Waals surface area contributed by atoms with E-state index in [-0.39, 0.29) is 11.7 Å². The van der Waals surface area contributed by atoms with Crippen LogP contribution in [0.4, 0.5) is 0 Å². The number of furan rings is 1. The van der Waals surface area contributed by atoms with E-state index in [0.29, 0.717) is 50.0 Å². The molecule has 0 saturated heterocycles. The number of aromatic nitrogens is 1. The molecule has 0 fully saturated rings. The minimum Gasteiger partial charge on any atom is -0.494 e. The van der Waals surface area contributed by atoms with Gasteiger partial charge in [0.05, 0.1) is 47.2 Å². The summed E-state index contributed by atoms with van der Waals surface area (Å²) >= 11 is 1.22. The average Bonchev–Trinajstić information content (AvgIpc) is 3.56. The summed E-state index contributed by atoms with van der Waals surface area (Å²) in [5, 5.41) is 0. The largest absolute Gasteiger partial charge is 0.494 e. The average molecular weight is 587 g/mol. The molecule has 10 heteroatoms. The SMILES string of the molecule is CCOc1ccc([C@H]2C(C(=O)OC(C)C)=C(C)N=c3s/c(=C/c4ccc(-c5ccc(C(=O)OC)cc5)o4)c(=O)n32)cc1. The van der Waals surface area contributed by atoms with Crippen LogP contribution in [0.3, 0.4) is 0 Å². The van der Waals surface area contributed by atoms with E-state index in [9.17, 15) is 14.4 Å². The lowest BCUT2D eigenvalue weighted by atomic mass is 9.96. The summed E-state index contributed by atoms with van der Waals surface area (Å²) in [7, 11) is 1.33. The smallest absolute Gasteiger partial charge is 0.338 e. The second kappa shape index (κ2) is 12.0. The van der Waals surface area contributed by atoms with Gasteiger partial charge in [0.1, 0.15) is 17.3 Å². The van der Waals surface area contributed by atoms with Crippen molar-refractivity contribution in [1.29, 1.82) is 0 Å². The minimum atomic E-state index is -0.731. The van der Waals surface area contributed by atoms with Crippen LogP contribution >= 0.6 is 11.3 Å². The van der Waals surface area contributed by atoms with Crippen molar-refractivity contribution in [2.75, 3.05) is 13.7 Å². The Kier molecular flexibility index (Phi) is 8.26. The molecule has 9 nitrogen and oxygen atoms in total. The molecule has 0 N–H and O–H groups in total. The predicted molar refractivity (Wildman–Crippen MR) is 158 cm³/mol. The number of benzene rings is 2. The molecule has 0 radical (unpaired) electrons. The van der Waals surface area contributed by atoms with E-state index in [0.717, 1.165) is 11.1 Å². The zero-order chi connectivity index (χ0) is 30.0. The second-order valence-corrected chi connectivity index (χ2v) is 10.8. The fourth-order valence-corrected chi connectivity index (χ4v) is 5.72. The first-order valence-electron chi connectivity index (χ1n) is 13.4. The van der Waals surface area contributed by atoms with Crippen LogP contribution in [0.1, 0.15) is 55.4 Å². The normalized spacial score (nSPS) is 14.9. The lowest BCUT2D eigenvalue weighted by molar-refractivity contribution is -0.143. The molecule has 0 aliphatic carbocycles. The van der Waals surface area contributed by atoms with Gasteiger partial charge >= 0.3 is 11.9 Å². The Morgan fingerprint density at radius 3 is 2.40 bits per heavy atom. The molecule has 5 rings (SSSR count). The van der Waals surface area contributed by atoms with Gasteiger partial charge in [0.15, 0.2) is 4.80 Å². The predicted octanol–water partition coefficient (Wildman–Crippen LogP) is 4.63. The van der Waals surface area contributed by atoms with Crippen molar-refractivity contribution in [3.63, 3.8) is 0 Å². The molecule has 3 heterocycles. The highest BCUT2D eigenvalue weighted by Gasteiger charge is 2.33. The fraction of sp³-hybridized carbons (Fsp3) is 0.250. The maximum Gasteiger partial charge on any atom is 0.338 e. The van der Waals surface area contributed by atoms with E-state index in [1.165, 1.54) is 23.0 Å². The number of esters is 2. The van der Waals surface area contributed by atoms with Gasteiger partial charge in [-0.2, -0.15) is 0 Å². The van der Waals surface area contributed by atoms with Gasteiger partial charge in [-0.3, -0.25) is 9.36 Å². The molecular weight excluding hydrogens is 556 g/mol. The van der Waals surface area contributed by atoms with E-state index < -0.39 is 18.0 Å². The molecule has 1 aliphatic rings. The molecule has 216 valence electrons. The van der Waals surface area contributed by atoms with Gasteiger partial charge in [-0.15, -0.1) is 0 Å². The Hall–Kier alpha value is -4.70. The maximum absolute atomic E-state index is 13.9. The van der Waals surface area contributed by atoms with Gasteiger partial charge in [-0.25, -0.2) is 14.6 Å². The van der Waals surface area contributed by atoms with Crippen molar-refractivity contribution < 1.29 is 28.2 Å². The van der Waals surface area contributed by atoms with Crippen LogP contribution in [0.25, 0.3) is 17.4 Å². The van der Waals surface area contributed by atoms with E-state index >= 15 is 0 Å². The third-order valence-electron chi connectivity index (χ3n) is 6.58. The van der Waals surface area contributed by atoms with Crippen LogP contribution in [0, 0.1) is 0 Å². The molecule has 0 unspecified atom stereocenters. The van der Waals surface area contributed by atoms with Crippen molar-refractivity contribution in [3.05, 3.63) is 109 Å². The Morgan fingerprint density at radius 2 is 1.76 bits per heavy atom. The molecule has 0 amide bonds. The van der Waals surface area contributed by atoms with E-state index in [4.69, 9.17) is 18.6 Å². The monoisotopic (exact) mass is 586 g/mol. The number of hydrogen-bond donors (Lipinski definition) is 0. The third kappa shape index (κ3) is 5.71. The Labute approximate surface area is 246 Å². The Bertz CT molecular complexity index is 1840. The summed E-state index contributed by atoms with van der Waals surface area (Å²) in [5.41, 5.74) is 2.42. The number of methoxy groups -OCH3 is 1. The second-order valence-electron chi connectivity index (χ2n) is 9.81. The lowest BCUT2D eigenvalue weighted by Gasteiger charge is -2.25. The van der Waals surface area contributed by atoms with Crippen LogP contribution in [0.2, 0.25) is 0 Å². The summed E-state index contributed by atoms with van der Waals surface area (Å²) in [6.45, 7) is 7.73. The number of nitrogens with zero attached hydrogens (tertiary/aromatic N) is 2. The molecule has 0 saturated carbocycles. The number of fused-ring (bicyclic) bond motifs is 1. The molecule has 2 aromatic carbocycles. The first-order chi connectivity index (χ1) is 20.2. The zero-order valence-corrected chi connectivity index (χ0v) is 24.7. The van der Waals surface area contributed by atoms with Crippen LogP contribution < -0.4 is 19.6 Å². The number of allylic oxidation sites excluding steroid dienone is 1. The van der Waals surface area contributed by atoms with E-state index in [2.05, 4.69) is 4.99 Å². The maximum atomic E-state index is 13.9. The molecule has 1 aliphatic heterocycles. The van der Waals surface area contributed by atoms with E-state index in [1.807, 2.05) is 31.2 Å². The van der Waals surface area contributed by atoms with Crippen LogP contribution in [-0.4, -0.2) is 36.3 Å². The van der Waals surface area contributed by atoms with Crippen LogP contribution in [0.5, 0.6) is 5.75 Å². The quantitative estimate of drug-likeness (QED) is 0.277. The summed E-state index contributed by atoms with van der Waals surface area (Å²) < 4.78 is 23.9. The number of hydrogen-bond acceptors (Lipinski definition) is 9. The van der Waals surface area contributed by atoms with Crippen molar-refractivity contribution >= 4 is 29.4 Å². The highest BCUT2D eigenvalue weighted by atomic mass is 32.1. The van der Waals surface area contributed by atoms with Crippen molar-refractivity contribution in [2.45, 2.75) is 39.8 Å². The molecule has 0 spiro atoms. The van der Waals surface area contributed by atoms with Gasteiger partial charge in [0.2, 0.25) is 0 Å². The summed E-state index contributed by atoms with van der Waals surface area (Å²) in [6.07, 6.45) is 1.32. The molecule has 0 bridgehead atoms. The summed E-state index contributed by atoms with van der Waals surface area (Å²) in [4.78, 5) is 44.0. The minimum absolute atomic E-state index is 0.305.